The predicted octanol–water partition coefficient (Wildman–Crippen LogP) is 2.50. The second kappa shape index (κ2) is 7.11. The van der Waals surface area contributed by atoms with Gasteiger partial charge in [-0.3, -0.25) is 14.2 Å². The van der Waals surface area contributed by atoms with Gasteiger partial charge >= 0.3 is 0 Å². The zero-order valence-corrected chi connectivity index (χ0v) is 14.4. The highest BCUT2D eigenvalue weighted by atomic mass is 16.5. The number of fused-ring (bicyclic) bond motifs is 1. The molecule has 4 rings (SSSR count). The fraction of sp³-hybridized carbons (Fsp3) is 0.368. The van der Waals surface area contributed by atoms with E-state index in [9.17, 15) is 9.59 Å². The Morgan fingerprint density at radius 2 is 2.00 bits per heavy atom. The number of carbonyl (C=O) groups excluding carboxylic acids is 1. The van der Waals surface area contributed by atoms with Crippen LogP contribution in [0.3, 0.4) is 0 Å². The Kier molecular flexibility index (Phi) is 4.51. The first kappa shape index (κ1) is 16.5. The molecule has 0 unspecified atom stereocenters. The zero-order chi connectivity index (χ0) is 17.9. The molecule has 2 aromatic heterocycles. The lowest BCUT2D eigenvalue weighted by Gasteiger charge is -2.12. The van der Waals surface area contributed by atoms with Crippen molar-refractivity contribution in [2.75, 3.05) is 0 Å². The van der Waals surface area contributed by atoms with E-state index < -0.39 is 0 Å². The van der Waals surface area contributed by atoms with E-state index in [1.54, 1.807) is 0 Å². The number of nitrogens with zero attached hydrogens (tertiary/aromatic N) is 3. The number of hydrogen-bond acceptors (Lipinski definition) is 5. The summed E-state index contributed by atoms with van der Waals surface area (Å²) in [6, 6.07) is 9.74. The molecule has 7 nitrogen and oxygen atoms in total. The molecule has 26 heavy (non-hydrogen) atoms. The van der Waals surface area contributed by atoms with E-state index in [-0.39, 0.29) is 36.1 Å². The van der Waals surface area contributed by atoms with Gasteiger partial charge in [-0.2, -0.15) is 0 Å². The maximum atomic E-state index is 12.6. The standard InChI is InChI=1S/C19H20N4O3/c24-15(21-14-8-4-5-9-14)10-11-23-12-20-17-16(13-6-2-1-3-7-13)22-26-18(17)19(23)25/h1-3,6-7,12,14H,4-5,8-11H2,(H,21,24). The Morgan fingerprint density at radius 3 is 2.77 bits per heavy atom. The van der Waals surface area contributed by atoms with E-state index in [1.807, 2.05) is 30.3 Å². The van der Waals surface area contributed by atoms with Crippen molar-refractivity contribution in [3.63, 3.8) is 0 Å². The Bertz CT molecular complexity index is 971. The number of carbonyl (C=O) groups is 1. The van der Waals surface area contributed by atoms with Gasteiger partial charge in [-0.25, -0.2) is 4.98 Å². The third-order valence-electron chi connectivity index (χ3n) is 4.80. The minimum atomic E-state index is -0.321. The van der Waals surface area contributed by atoms with Gasteiger partial charge in [0.2, 0.25) is 5.91 Å². The molecule has 1 fully saturated rings. The first-order valence-corrected chi connectivity index (χ1v) is 8.92. The number of amides is 1. The molecule has 0 atom stereocenters. The van der Waals surface area contributed by atoms with Crippen LogP contribution in [0.2, 0.25) is 0 Å². The summed E-state index contributed by atoms with van der Waals surface area (Å²) in [4.78, 5) is 29.0. The van der Waals surface area contributed by atoms with Gasteiger partial charge in [0.25, 0.3) is 11.1 Å². The van der Waals surface area contributed by atoms with Gasteiger partial charge in [-0.05, 0) is 12.8 Å². The van der Waals surface area contributed by atoms with Gasteiger partial charge in [0.15, 0.2) is 0 Å². The predicted molar refractivity (Wildman–Crippen MR) is 96.5 cm³/mol. The van der Waals surface area contributed by atoms with Crippen LogP contribution in [-0.4, -0.2) is 26.7 Å². The van der Waals surface area contributed by atoms with E-state index in [2.05, 4.69) is 15.5 Å². The monoisotopic (exact) mass is 352 g/mol. The number of benzene rings is 1. The Hall–Kier alpha value is -2.96. The van der Waals surface area contributed by atoms with Crippen LogP contribution in [0.1, 0.15) is 32.1 Å². The summed E-state index contributed by atoms with van der Waals surface area (Å²) < 4.78 is 6.64. The molecule has 1 aliphatic rings. The van der Waals surface area contributed by atoms with Gasteiger partial charge < -0.3 is 9.84 Å². The van der Waals surface area contributed by atoms with E-state index in [0.29, 0.717) is 11.2 Å². The molecule has 0 aliphatic heterocycles. The summed E-state index contributed by atoms with van der Waals surface area (Å²) in [5, 5.41) is 7.02. The lowest BCUT2D eigenvalue weighted by atomic mass is 10.1. The molecule has 7 heteroatoms. The van der Waals surface area contributed by atoms with Crippen LogP contribution >= 0.6 is 0 Å². The molecule has 1 aliphatic carbocycles. The van der Waals surface area contributed by atoms with Gasteiger partial charge in [-0.1, -0.05) is 48.3 Å². The molecular weight excluding hydrogens is 332 g/mol. The number of aromatic nitrogens is 3. The lowest BCUT2D eigenvalue weighted by Crippen LogP contribution is -2.34. The topological polar surface area (TPSA) is 90.0 Å². The smallest absolute Gasteiger partial charge is 0.299 e. The average molecular weight is 352 g/mol. The van der Waals surface area contributed by atoms with E-state index >= 15 is 0 Å². The third-order valence-corrected chi connectivity index (χ3v) is 4.80. The highest BCUT2D eigenvalue weighted by molar-refractivity contribution is 5.87. The fourth-order valence-electron chi connectivity index (χ4n) is 3.39. The van der Waals surface area contributed by atoms with Crippen LogP contribution in [0.25, 0.3) is 22.4 Å². The first-order valence-electron chi connectivity index (χ1n) is 8.92. The van der Waals surface area contributed by atoms with Crippen LogP contribution < -0.4 is 10.9 Å². The molecule has 3 aromatic rings. The molecule has 0 saturated heterocycles. The van der Waals surface area contributed by atoms with Crippen molar-refractivity contribution in [2.24, 2.45) is 0 Å². The third kappa shape index (κ3) is 3.24. The molecular formula is C19H20N4O3. The molecule has 0 bridgehead atoms. The summed E-state index contributed by atoms with van der Waals surface area (Å²) >= 11 is 0. The number of rotatable bonds is 5. The van der Waals surface area contributed by atoms with E-state index in [4.69, 9.17) is 4.52 Å². The fourth-order valence-corrected chi connectivity index (χ4v) is 3.39. The number of nitrogens with one attached hydrogen (secondary N) is 1. The van der Waals surface area contributed by atoms with Gasteiger partial charge in [-0.15, -0.1) is 0 Å². The van der Waals surface area contributed by atoms with Crippen LogP contribution in [-0.2, 0) is 11.3 Å². The minimum absolute atomic E-state index is 0.0357. The second-order valence-electron chi connectivity index (χ2n) is 6.62. The van der Waals surface area contributed by atoms with Gasteiger partial charge in [0.1, 0.15) is 11.2 Å². The van der Waals surface area contributed by atoms with Gasteiger partial charge in [0.05, 0.1) is 6.33 Å². The average Bonchev–Trinajstić information content (AvgIpc) is 3.32. The summed E-state index contributed by atoms with van der Waals surface area (Å²) in [6.07, 6.45) is 6.11. The summed E-state index contributed by atoms with van der Waals surface area (Å²) in [7, 11) is 0. The zero-order valence-electron chi connectivity index (χ0n) is 14.4. The summed E-state index contributed by atoms with van der Waals surface area (Å²) in [5.41, 5.74) is 1.62. The van der Waals surface area contributed by atoms with Crippen molar-refractivity contribution in [3.05, 3.63) is 47.0 Å². The van der Waals surface area contributed by atoms with Crippen molar-refractivity contribution in [1.29, 1.82) is 0 Å². The maximum absolute atomic E-state index is 12.6. The maximum Gasteiger partial charge on any atom is 0.299 e. The SMILES string of the molecule is O=C(CCn1cnc2c(-c3ccccc3)noc2c1=O)NC1CCCC1. The largest absolute Gasteiger partial charge is 0.353 e. The normalized spacial score (nSPS) is 14.8. The molecule has 1 aromatic carbocycles. The quantitative estimate of drug-likeness (QED) is 0.762. The highest BCUT2D eigenvalue weighted by Gasteiger charge is 2.18. The van der Waals surface area contributed by atoms with Crippen LogP contribution in [0.15, 0.2) is 46.0 Å². The Balaban J connectivity index is 1.51. The van der Waals surface area contributed by atoms with Crippen LogP contribution in [0.5, 0.6) is 0 Å². The molecule has 2 heterocycles. The van der Waals surface area contributed by atoms with Crippen molar-refractivity contribution in [1.82, 2.24) is 20.0 Å². The van der Waals surface area contributed by atoms with Crippen LogP contribution in [0, 0.1) is 0 Å². The number of hydrogen-bond donors (Lipinski definition) is 1. The van der Waals surface area contributed by atoms with Crippen molar-refractivity contribution < 1.29 is 9.32 Å². The molecule has 134 valence electrons. The summed E-state index contributed by atoms with van der Waals surface area (Å²) in [6.45, 7) is 0.266. The Morgan fingerprint density at radius 1 is 1.23 bits per heavy atom. The highest BCUT2D eigenvalue weighted by Crippen LogP contribution is 2.24. The Labute approximate surface area is 150 Å². The minimum Gasteiger partial charge on any atom is -0.353 e. The molecule has 0 radical (unpaired) electrons. The summed E-state index contributed by atoms with van der Waals surface area (Å²) in [5.74, 6) is -0.0357. The molecule has 0 spiro atoms. The van der Waals surface area contributed by atoms with Crippen LogP contribution in [0.4, 0.5) is 0 Å². The molecule has 1 N–H and O–H groups in total. The van der Waals surface area contributed by atoms with Crippen molar-refractivity contribution in [2.45, 2.75) is 44.7 Å². The second-order valence-corrected chi connectivity index (χ2v) is 6.62. The number of aryl methyl sites for hydroxylation is 1. The molecule has 1 amide bonds. The van der Waals surface area contributed by atoms with Crippen molar-refractivity contribution >= 4 is 17.0 Å². The lowest BCUT2D eigenvalue weighted by molar-refractivity contribution is -0.122. The molecule has 1 saturated carbocycles. The first-order chi connectivity index (χ1) is 12.7. The van der Waals surface area contributed by atoms with Gasteiger partial charge in [0, 0.05) is 24.6 Å². The van der Waals surface area contributed by atoms with E-state index in [0.717, 1.165) is 18.4 Å². The van der Waals surface area contributed by atoms with E-state index in [1.165, 1.54) is 23.7 Å². The van der Waals surface area contributed by atoms with Crippen molar-refractivity contribution in [3.8, 4) is 11.3 Å².